The molecule has 0 aliphatic carbocycles. The summed E-state index contributed by atoms with van der Waals surface area (Å²) in [5, 5.41) is 15.6. The molecule has 1 aromatic rings. The summed E-state index contributed by atoms with van der Waals surface area (Å²) in [6.07, 6.45) is 2.35. The third kappa shape index (κ3) is 3.39. The molecular formula is C16H25N5O2S. The van der Waals surface area contributed by atoms with Gasteiger partial charge in [-0.2, -0.15) is 0 Å². The zero-order chi connectivity index (χ0) is 17.8. The fraction of sp³-hybridized carbons (Fsp3) is 0.625. The van der Waals surface area contributed by atoms with Crippen molar-refractivity contribution in [3.8, 4) is 0 Å². The van der Waals surface area contributed by atoms with E-state index in [4.69, 9.17) is 0 Å². The van der Waals surface area contributed by atoms with Gasteiger partial charge in [-0.1, -0.05) is 44.5 Å². The number of hydrogen-bond acceptors (Lipinski definition) is 6. The molecule has 0 radical (unpaired) electrons. The van der Waals surface area contributed by atoms with Gasteiger partial charge in [0.05, 0.1) is 0 Å². The van der Waals surface area contributed by atoms with Crippen molar-refractivity contribution in [2.75, 3.05) is 6.54 Å². The molecule has 1 aliphatic heterocycles. The minimum atomic E-state index is -3.47. The van der Waals surface area contributed by atoms with Crippen molar-refractivity contribution in [3.63, 3.8) is 0 Å². The topological polar surface area (TPSA) is 95.6 Å². The number of rotatable bonds is 8. The van der Waals surface area contributed by atoms with Gasteiger partial charge in [-0.3, -0.25) is 0 Å². The molecule has 132 valence electrons. The summed E-state index contributed by atoms with van der Waals surface area (Å²) in [6, 6.07) is 7.37. The summed E-state index contributed by atoms with van der Waals surface area (Å²) in [6.45, 7) is 7.83. The van der Waals surface area contributed by atoms with Crippen LogP contribution < -0.4 is 4.72 Å². The lowest BCUT2D eigenvalue weighted by Crippen LogP contribution is -2.40. The monoisotopic (exact) mass is 351 g/mol. The van der Waals surface area contributed by atoms with Crippen molar-refractivity contribution in [2.45, 2.75) is 57.4 Å². The molecule has 8 heteroatoms. The van der Waals surface area contributed by atoms with Crippen molar-refractivity contribution >= 4 is 10.0 Å². The third-order valence-electron chi connectivity index (χ3n) is 4.32. The number of hydrogen-bond donors (Lipinski definition) is 1. The van der Waals surface area contributed by atoms with Crippen LogP contribution in [0.3, 0.4) is 0 Å². The molecule has 1 heterocycles. The number of nitrogens with zero attached hydrogens (tertiary/aromatic N) is 4. The fourth-order valence-corrected chi connectivity index (χ4v) is 3.91. The Morgan fingerprint density at radius 1 is 1.04 bits per heavy atom. The lowest BCUT2D eigenvalue weighted by molar-refractivity contribution is 0.420. The van der Waals surface area contributed by atoms with Crippen LogP contribution >= 0.6 is 0 Å². The maximum absolute atomic E-state index is 12.5. The first-order chi connectivity index (χ1) is 11.3. The van der Waals surface area contributed by atoms with Crippen LogP contribution in [0, 0.1) is 0 Å². The van der Waals surface area contributed by atoms with Crippen LogP contribution in [0.25, 0.3) is 0 Å². The Balaban J connectivity index is 2.32. The molecule has 0 bridgehead atoms. The number of sulfonamides is 1. The standard InChI is InChI=1S/C16H25N5O2S/c1-5-11-16(18-20-21-19-16)14-9-7-13(8-10-14)15(3,4)24(22,23)17-12-6-2/h7-10,17H,5-6,11-12H2,1-4H3. The molecule has 0 spiro atoms. The lowest BCUT2D eigenvalue weighted by atomic mass is 9.93. The van der Waals surface area contributed by atoms with Crippen molar-refractivity contribution in [1.82, 2.24) is 4.72 Å². The van der Waals surface area contributed by atoms with Crippen LogP contribution in [0.5, 0.6) is 0 Å². The zero-order valence-electron chi connectivity index (χ0n) is 14.7. The van der Waals surface area contributed by atoms with E-state index in [0.29, 0.717) is 18.5 Å². The minimum Gasteiger partial charge on any atom is -0.214 e. The van der Waals surface area contributed by atoms with Crippen LogP contribution in [0.1, 0.15) is 58.1 Å². The summed E-state index contributed by atoms with van der Waals surface area (Å²) in [7, 11) is -3.47. The molecule has 0 atom stereocenters. The molecule has 24 heavy (non-hydrogen) atoms. The molecule has 1 aliphatic rings. The molecule has 0 saturated carbocycles. The van der Waals surface area contributed by atoms with Gasteiger partial charge in [0.2, 0.25) is 15.7 Å². The van der Waals surface area contributed by atoms with Crippen LogP contribution in [-0.4, -0.2) is 15.0 Å². The molecule has 0 amide bonds. The van der Waals surface area contributed by atoms with Gasteiger partial charge in [-0.15, -0.1) is 10.2 Å². The zero-order valence-corrected chi connectivity index (χ0v) is 15.5. The van der Waals surface area contributed by atoms with Gasteiger partial charge in [-0.25, -0.2) is 13.1 Å². The second kappa shape index (κ2) is 7.06. The molecule has 0 fully saturated rings. The molecular weight excluding hydrogens is 326 g/mol. The highest BCUT2D eigenvalue weighted by Gasteiger charge is 2.38. The highest BCUT2D eigenvalue weighted by molar-refractivity contribution is 7.90. The van der Waals surface area contributed by atoms with E-state index in [1.165, 1.54) is 0 Å². The number of benzene rings is 1. The van der Waals surface area contributed by atoms with E-state index in [2.05, 4.69) is 32.3 Å². The first-order valence-electron chi connectivity index (χ1n) is 8.23. The summed E-state index contributed by atoms with van der Waals surface area (Å²) in [4.78, 5) is 0. The van der Waals surface area contributed by atoms with Gasteiger partial charge in [-0.05, 0) is 36.3 Å². The second-order valence-electron chi connectivity index (χ2n) is 6.43. The highest BCUT2D eigenvalue weighted by atomic mass is 32.2. The Bertz CT molecular complexity index is 711. The molecule has 1 aromatic carbocycles. The van der Waals surface area contributed by atoms with Crippen LogP contribution in [0.2, 0.25) is 0 Å². The number of nitrogens with one attached hydrogen (secondary N) is 1. The quantitative estimate of drug-likeness (QED) is 0.765. The van der Waals surface area contributed by atoms with E-state index in [1.54, 1.807) is 13.8 Å². The van der Waals surface area contributed by atoms with Gasteiger partial charge in [0.15, 0.2) is 0 Å². The lowest BCUT2D eigenvalue weighted by Gasteiger charge is -2.27. The van der Waals surface area contributed by atoms with E-state index in [1.807, 2.05) is 31.2 Å². The smallest absolute Gasteiger partial charge is 0.214 e. The van der Waals surface area contributed by atoms with Gasteiger partial charge in [0, 0.05) is 18.5 Å². The van der Waals surface area contributed by atoms with Gasteiger partial charge in [0.25, 0.3) is 0 Å². The maximum atomic E-state index is 12.5. The molecule has 7 nitrogen and oxygen atoms in total. The average molecular weight is 351 g/mol. The Hall–Kier alpha value is -1.67. The Labute approximate surface area is 143 Å². The summed E-state index contributed by atoms with van der Waals surface area (Å²) >= 11 is 0. The summed E-state index contributed by atoms with van der Waals surface area (Å²) < 4.78 is 26.7. The summed E-state index contributed by atoms with van der Waals surface area (Å²) in [5.74, 6) is 0. The van der Waals surface area contributed by atoms with Crippen molar-refractivity contribution in [1.29, 1.82) is 0 Å². The van der Waals surface area contributed by atoms with Gasteiger partial charge in [0.1, 0.15) is 4.75 Å². The average Bonchev–Trinajstić information content (AvgIpc) is 3.03. The van der Waals surface area contributed by atoms with Gasteiger partial charge < -0.3 is 0 Å². The first kappa shape index (κ1) is 18.7. The second-order valence-corrected chi connectivity index (χ2v) is 8.75. The van der Waals surface area contributed by atoms with Crippen molar-refractivity contribution in [3.05, 3.63) is 35.4 Å². The Morgan fingerprint density at radius 2 is 1.62 bits per heavy atom. The third-order valence-corrected chi connectivity index (χ3v) is 6.48. The van der Waals surface area contributed by atoms with E-state index >= 15 is 0 Å². The predicted octanol–water partition coefficient (Wildman–Crippen LogP) is 4.04. The van der Waals surface area contributed by atoms with E-state index in [0.717, 1.165) is 18.4 Å². The normalized spacial score (nSPS) is 16.7. The maximum Gasteiger partial charge on any atom is 0.221 e. The SMILES string of the molecule is CCCNS(=O)(=O)C(C)(C)c1ccc(C2(CCC)N=NN=N2)cc1. The van der Waals surface area contributed by atoms with Crippen molar-refractivity contribution in [2.24, 2.45) is 20.7 Å². The van der Waals surface area contributed by atoms with Crippen LogP contribution in [0.15, 0.2) is 44.9 Å². The van der Waals surface area contributed by atoms with E-state index in [9.17, 15) is 8.42 Å². The van der Waals surface area contributed by atoms with E-state index in [-0.39, 0.29) is 0 Å². The minimum absolute atomic E-state index is 0.435. The van der Waals surface area contributed by atoms with Crippen molar-refractivity contribution < 1.29 is 8.42 Å². The highest BCUT2D eigenvalue weighted by Crippen LogP contribution is 2.38. The van der Waals surface area contributed by atoms with Gasteiger partial charge >= 0.3 is 0 Å². The predicted molar refractivity (Wildman–Crippen MR) is 93.0 cm³/mol. The fourth-order valence-electron chi connectivity index (χ4n) is 2.63. The molecule has 0 unspecified atom stereocenters. The molecule has 2 rings (SSSR count). The largest absolute Gasteiger partial charge is 0.221 e. The Morgan fingerprint density at radius 3 is 2.12 bits per heavy atom. The Kier molecular flexibility index (Phi) is 5.49. The van der Waals surface area contributed by atoms with E-state index < -0.39 is 20.4 Å². The summed E-state index contributed by atoms with van der Waals surface area (Å²) in [5.41, 5.74) is 0.817. The first-order valence-corrected chi connectivity index (χ1v) is 9.71. The van der Waals surface area contributed by atoms with Crippen LogP contribution in [0.4, 0.5) is 0 Å². The molecule has 0 saturated heterocycles. The molecule has 0 aromatic heterocycles. The van der Waals surface area contributed by atoms with Crippen LogP contribution in [-0.2, 0) is 20.4 Å². The molecule has 1 N–H and O–H groups in total.